The Morgan fingerprint density at radius 1 is 1.00 bits per heavy atom. The molecule has 4 heteroatoms. The minimum atomic E-state index is 0.648. The van der Waals surface area contributed by atoms with Gasteiger partial charge in [-0.25, -0.2) is 0 Å². The Morgan fingerprint density at radius 2 is 1.77 bits per heavy atom. The minimum absolute atomic E-state index is 0.648. The van der Waals surface area contributed by atoms with Crippen molar-refractivity contribution in [1.29, 1.82) is 5.26 Å². The summed E-state index contributed by atoms with van der Waals surface area (Å²) in [5.74, 6) is 0. The highest BCUT2D eigenvalue weighted by atomic mass is 15.4. The molecular weight excluding hydrogens is 320 g/mol. The maximum atomic E-state index is 9.56. The third-order valence-corrected chi connectivity index (χ3v) is 4.87. The average molecular weight is 340 g/mol. The Kier molecular flexibility index (Phi) is 3.78. The van der Waals surface area contributed by atoms with Crippen molar-refractivity contribution in [2.75, 3.05) is 0 Å². The third kappa shape index (κ3) is 2.55. The lowest BCUT2D eigenvalue weighted by molar-refractivity contribution is -0.744. The van der Waals surface area contributed by atoms with Gasteiger partial charge < -0.3 is 0 Å². The molecule has 2 aromatic heterocycles. The van der Waals surface area contributed by atoms with Gasteiger partial charge in [-0.2, -0.15) is 9.83 Å². The molecule has 0 fully saturated rings. The van der Waals surface area contributed by atoms with E-state index in [2.05, 4.69) is 59.6 Å². The summed E-state index contributed by atoms with van der Waals surface area (Å²) < 4.78 is 6.23. The fraction of sp³-hybridized carbons (Fsp3) is 0.136. The number of rotatable bonds is 2. The molecule has 2 aromatic carbocycles. The fourth-order valence-electron chi connectivity index (χ4n) is 3.46. The Morgan fingerprint density at radius 3 is 2.46 bits per heavy atom. The molecule has 4 aromatic rings. The molecule has 2 heterocycles. The quantitative estimate of drug-likeness (QED) is 0.516. The second kappa shape index (κ2) is 6.12. The summed E-state index contributed by atoms with van der Waals surface area (Å²) in [6, 6.07) is 18.7. The molecule has 0 spiro atoms. The van der Waals surface area contributed by atoms with E-state index < -0.39 is 0 Å². The summed E-state index contributed by atoms with van der Waals surface area (Å²) in [5, 5.41) is 11.9. The summed E-state index contributed by atoms with van der Waals surface area (Å²) in [6.45, 7) is 4.20. The summed E-state index contributed by atoms with van der Waals surface area (Å²) in [6.07, 6.45) is 6.14. The highest BCUT2D eigenvalue weighted by Gasteiger charge is 2.21. The van der Waals surface area contributed by atoms with Crippen LogP contribution in [0.15, 0.2) is 67.1 Å². The highest BCUT2D eigenvalue weighted by Crippen LogP contribution is 2.22. The third-order valence-electron chi connectivity index (χ3n) is 4.87. The van der Waals surface area contributed by atoms with Crippen LogP contribution in [0.2, 0.25) is 0 Å². The maximum Gasteiger partial charge on any atom is 0.217 e. The molecule has 0 aliphatic carbocycles. The largest absolute Gasteiger partial charge is 0.217 e. The van der Waals surface area contributed by atoms with Crippen LogP contribution in [0.25, 0.3) is 22.1 Å². The van der Waals surface area contributed by atoms with Crippen molar-refractivity contribution in [1.82, 2.24) is 4.68 Å². The van der Waals surface area contributed by atoms with E-state index in [1.54, 1.807) is 0 Å². The zero-order valence-corrected chi connectivity index (χ0v) is 15.1. The number of pyridine rings is 1. The van der Waals surface area contributed by atoms with E-state index in [-0.39, 0.29) is 0 Å². The summed E-state index contributed by atoms with van der Waals surface area (Å²) in [5.41, 5.74) is 4.93. The summed E-state index contributed by atoms with van der Waals surface area (Å²) in [7, 11) is 1.99. The van der Waals surface area contributed by atoms with Gasteiger partial charge in [-0.1, -0.05) is 18.2 Å². The molecule has 0 unspecified atom stereocenters. The number of fused-ring (bicyclic) bond motifs is 1. The van der Waals surface area contributed by atoms with E-state index in [0.717, 1.165) is 22.6 Å². The second-order valence-electron chi connectivity index (χ2n) is 6.57. The van der Waals surface area contributed by atoms with Crippen LogP contribution in [-0.4, -0.2) is 4.68 Å². The number of hydrogen-bond acceptors (Lipinski definition) is 1. The van der Waals surface area contributed by atoms with Crippen LogP contribution in [0, 0.1) is 25.2 Å². The molecule has 0 N–H and O–H groups in total. The van der Waals surface area contributed by atoms with Gasteiger partial charge >= 0.3 is 0 Å². The van der Waals surface area contributed by atoms with Gasteiger partial charge in [0.15, 0.2) is 25.1 Å². The molecule has 0 aliphatic rings. The van der Waals surface area contributed by atoms with Gasteiger partial charge in [0.25, 0.3) is 0 Å². The van der Waals surface area contributed by atoms with Crippen LogP contribution in [-0.2, 0) is 7.05 Å². The molecule has 0 radical (unpaired) electrons. The van der Waals surface area contributed by atoms with E-state index >= 15 is 0 Å². The maximum absolute atomic E-state index is 9.56. The molecule has 4 nitrogen and oxygen atoms in total. The van der Waals surface area contributed by atoms with E-state index in [1.807, 2.05) is 48.4 Å². The number of aromatic nitrogens is 3. The molecular formula is C22H20N4+2. The number of aryl methyl sites for hydroxylation is 2. The lowest BCUT2D eigenvalue weighted by atomic mass is 10.1. The molecule has 0 amide bonds. The van der Waals surface area contributed by atoms with Crippen molar-refractivity contribution in [2.24, 2.45) is 7.05 Å². The average Bonchev–Trinajstić information content (AvgIpc) is 3.07. The topological polar surface area (TPSA) is 36.5 Å². The Bertz CT molecular complexity index is 1180. The predicted molar refractivity (Wildman–Crippen MR) is 100 cm³/mol. The normalized spacial score (nSPS) is 10.8. The lowest BCUT2D eigenvalue weighted by Gasteiger charge is -2.10. The molecule has 0 bridgehead atoms. The van der Waals surface area contributed by atoms with Crippen LogP contribution in [0.3, 0.4) is 0 Å². The fourth-order valence-corrected chi connectivity index (χ4v) is 3.46. The number of hydrogen-bond donors (Lipinski definition) is 0. The molecule has 0 aliphatic heterocycles. The number of nitrogens with zero attached hydrogens (tertiary/aromatic N) is 4. The van der Waals surface area contributed by atoms with Crippen molar-refractivity contribution >= 4 is 10.8 Å². The first-order chi connectivity index (χ1) is 12.6. The van der Waals surface area contributed by atoms with Gasteiger partial charge in [-0.05, 0) is 24.4 Å². The van der Waals surface area contributed by atoms with Crippen molar-refractivity contribution in [3.63, 3.8) is 0 Å². The molecule has 126 valence electrons. The summed E-state index contributed by atoms with van der Waals surface area (Å²) in [4.78, 5) is 0. The zero-order valence-electron chi connectivity index (χ0n) is 15.1. The number of benzene rings is 2. The SMILES string of the molecule is Cc1c(-n2ccc[n+]2C)cc(C#N)cc1-[n+]1cc2ccccc2cc1C. The first-order valence-electron chi connectivity index (χ1n) is 8.58. The monoisotopic (exact) mass is 340 g/mol. The predicted octanol–water partition coefficient (Wildman–Crippen LogP) is 3.22. The van der Waals surface area contributed by atoms with Crippen LogP contribution < -0.4 is 9.25 Å². The van der Waals surface area contributed by atoms with Gasteiger partial charge in [-0.15, -0.1) is 9.36 Å². The van der Waals surface area contributed by atoms with Crippen LogP contribution in [0.1, 0.15) is 16.8 Å². The molecule has 0 atom stereocenters. The van der Waals surface area contributed by atoms with Gasteiger partial charge in [-0.3, -0.25) is 0 Å². The van der Waals surface area contributed by atoms with Crippen molar-refractivity contribution in [2.45, 2.75) is 13.8 Å². The van der Waals surface area contributed by atoms with E-state index in [0.29, 0.717) is 5.56 Å². The van der Waals surface area contributed by atoms with Crippen molar-refractivity contribution in [3.05, 3.63) is 83.9 Å². The molecule has 4 rings (SSSR count). The Labute approximate surface area is 152 Å². The van der Waals surface area contributed by atoms with Gasteiger partial charge in [0.1, 0.15) is 5.69 Å². The Balaban J connectivity index is 2.02. The smallest absolute Gasteiger partial charge is 0.192 e. The van der Waals surface area contributed by atoms with Gasteiger partial charge in [0.05, 0.1) is 23.4 Å². The van der Waals surface area contributed by atoms with E-state index in [1.165, 1.54) is 10.8 Å². The first-order valence-corrected chi connectivity index (χ1v) is 8.58. The number of nitriles is 1. The Hall–Kier alpha value is -3.45. The van der Waals surface area contributed by atoms with Crippen molar-refractivity contribution < 1.29 is 9.25 Å². The molecule has 26 heavy (non-hydrogen) atoms. The first kappa shape index (κ1) is 16.0. The van der Waals surface area contributed by atoms with E-state index in [9.17, 15) is 5.26 Å². The molecule has 0 saturated carbocycles. The van der Waals surface area contributed by atoms with Gasteiger partial charge in [0.2, 0.25) is 5.69 Å². The van der Waals surface area contributed by atoms with Crippen LogP contribution >= 0.6 is 0 Å². The van der Waals surface area contributed by atoms with E-state index in [4.69, 9.17) is 0 Å². The standard InChI is InChI=1S/C22H20N4/c1-16-11-19-7-4-5-8-20(19)15-25(16)21-12-18(14-23)13-22(17(21)2)26-10-6-9-24(26)3/h4-13,15H,1-3H3/q+2. The van der Waals surface area contributed by atoms with Crippen LogP contribution in [0.5, 0.6) is 0 Å². The van der Waals surface area contributed by atoms with Gasteiger partial charge in [0, 0.05) is 30.5 Å². The zero-order chi connectivity index (χ0) is 18.3. The summed E-state index contributed by atoms with van der Waals surface area (Å²) >= 11 is 0. The lowest BCUT2D eigenvalue weighted by Crippen LogP contribution is -2.39. The molecule has 0 saturated heterocycles. The minimum Gasteiger partial charge on any atom is -0.192 e. The van der Waals surface area contributed by atoms with Crippen LogP contribution in [0.4, 0.5) is 0 Å². The second-order valence-corrected chi connectivity index (χ2v) is 6.57. The van der Waals surface area contributed by atoms with Crippen molar-refractivity contribution in [3.8, 4) is 17.4 Å². The highest BCUT2D eigenvalue weighted by molar-refractivity contribution is 5.81.